The summed E-state index contributed by atoms with van der Waals surface area (Å²) in [6.45, 7) is 4.39. The molecule has 0 aliphatic heterocycles. The van der Waals surface area contributed by atoms with Crippen LogP contribution in [-0.2, 0) is 5.54 Å². The molecule has 134 valence electrons. The average molecular weight is 357 g/mol. The number of halogens is 1. The molecule has 0 spiro atoms. The van der Waals surface area contributed by atoms with Gasteiger partial charge in [-0.15, -0.1) is 0 Å². The van der Waals surface area contributed by atoms with Gasteiger partial charge in [-0.2, -0.15) is 0 Å². The molecule has 3 rings (SSSR count). The molecule has 2 aromatic rings. The molecule has 3 atom stereocenters. The Balaban J connectivity index is 1.89. The van der Waals surface area contributed by atoms with Crippen molar-refractivity contribution < 1.29 is 0 Å². The van der Waals surface area contributed by atoms with Crippen molar-refractivity contribution in [3.63, 3.8) is 0 Å². The Morgan fingerprint density at radius 1 is 1.08 bits per heavy atom. The normalized spacial score (nSPS) is 24.9. The highest BCUT2D eigenvalue weighted by atomic mass is 35.5. The largest absolute Gasteiger partial charge is 0.309 e. The maximum Gasteiger partial charge on any atom is 0.0602 e. The van der Waals surface area contributed by atoms with Crippen molar-refractivity contribution >= 4 is 11.6 Å². The van der Waals surface area contributed by atoms with E-state index in [1.54, 1.807) is 0 Å². The molecule has 0 saturated heterocycles. The molecule has 0 unspecified atom stereocenters. The molecule has 3 heteroatoms. The van der Waals surface area contributed by atoms with E-state index in [2.05, 4.69) is 67.9 Å². The maximum absolute atomic E-state index is 6.59. The first-order valence-corrected chi connectivity index (χ1v) is 9.71. The summed E-state index contributed by atoms with van der Waals surface area (Å²) in [6.07, 6.45) is 4.74. The molecule has 0 aromatic heterocycles. The van der Waals surface area contributed by atoms with Crippen LogP contribution in [0.25, 0.3) is 0 Å². The van der Waals surface area contributed by atoms with E-state index in [1.807, 2.05) is 12.1 Å². The highest BCUT2D eigenvalue weighted by Gasteiger charge is 2.42. The first-order chi connectivity index (χ1) is 12.1. The highest BCUT2D eigenvalue weighted by Crippen LogP contribution is 2.41. The van der Waals surface area contributed by atoms with Crippen molar-refractivity contribution in [3.05, 3.63) is 70.2 Å². The molecule has 1 aliphatic carbocycles. The third kappa shape index (κ3) is 3.76. The lowest BCUT2D eigenvalue weighted by molar-refractivity contribution is 0.168. The van der Waals surface area contributed by atoms with Gasteiger partial charge in [0.05, 0.1) is 5.54 Å². The first kappa shape index (κ1) is 18.4. The van der Waals surface area contributed by atoms with Crippen molar-refractivity contribution in [2.75, 3.05) is 7.05 Å². The zero-order valence-corrected chi connectivity index (χ0v) is 16.2. The second-order valence-electron chi connectivity index (χ2n) is 7.30. The van der Waals surface area contributed by atoms with E-state index >= 15 is 0 Å². The predicted octanol–water partition coefficient (Wildman–Crippen LogP) is 5.36. The number of benzene rings is 2. The SMILES string of the molecule is CN[C@@]1(c2ccccc2Cl)CCCC[C@@H]1N[C@H](C)c1ccc(C)cc1. The minimum atomic E-state index is -0.116. The molecule has 1 saturated carbocycles. The van der Waals surface area contributed by atoms with Gasteiger partial charge in [-0.3, -0.25) is 0 Å². The van der Waals surface area contributed by atoms with Crippen LogP contribution in [0.2, 0.25) is 5.02 Å². The monoisotopic (exact) mass is 356 g/mol. The number of hydrogen-bond donors (Lipinski definition) is 2. The highest BCUT2D eigenvalue weighted by molar-refractivity contribution is 6.31. The number of nitrogens with one attached hydrogen (secondary N) is 2. The van der Waals surface area contributed by atoms with Crippen LogP contribution in [0.1, 0.15) is 55.3 Å². The van der Waals surface area contributed by atoms with Crippen LogP contribution in [0.5, 0.6) is 0 Å². The molecular formula is C22H29ClN2. The van der Waals surface area contributed by atoms with Gasteiger partial charge in [0.25, 0.3) is 0 Å². The van der Waals surface area contributed by atoms with Crippen LogP contribution in [0.15, 0.2) is 48.5 Å². The number of hydrogen-bond acceptors (Lipinski definition) is 2. The number of aryl methyl sites for hydroxylation is 1. The lowest BCUT2D eigenvalue weighted by Crippen LogP contribution is -2.58. The van der Waals surface area contributed by atoms with Crippen LogP contribution in [0.4, 0.5) is 0 Å². The maximum atomic E-state index is 6.59. The van der Waals surface area contributed by atoms with Crippen molar-refractivity contribution in [2.24, 2.45) is 0 Å². The Kier molecular flexibility index (Phi) is 5.83. The van der Waals surface area contributed by atoms with Gasteiger partial charge >= 0.3 is 0 Å². The van der Waals surface area contributed by atoms with E-state index < -0.39 is 0 Å². The third-order valence-corrected chi connectivity index (χ3v) is 6.07. The smallest absolute Gasteiger partial charge is 0.0602 e. The fourth-order valence-electron chi connectivity index (χ4n) is 4.23. The van der Waals surface area contributed by atoms with E-state index in [4.69, 9.17) is 11.6 Å². The second-order valence-corrected chi connectivity index (χ2v) is 7.71. The van der Waals surface area contributed by atoms with Crippen molar-refractivity contribution in [1.82, 2.24) is 10.6 Å². The Hall–Kier alpha value is -1.35. The Bertz CT molecular complexity index is 697. The van der Waals surface area contributed by atoms with Gasteiger partial charge in [0.2, 0.25) is 0 Å². The minimum absolute atomic E-state index is 0.116. The summed E-state index contributed by atoms with van der Waals surface area (Å²) in [5, 5.41) is 8.40. The fourth-order valence-corrected chi connectivity index (χ4v) is 4.54. The molecule has 0 amide bonds. The molecular weight excluding hydrogens is 328 g/mol. The quantitative estimate of drug-likeness (QED) is 0.753. The molecule has 0 bridgehead atoms. The van der Waals surface area contributed by atoms with E-state index in [0.717, 1.165) is 17.9 Å². The lowest BCUT2D eigenvalue weighted by atomic mass is 9.72. The predicted molar refractivity (Wildman–Crippen MR) is 107 cm³/mol. The summed E-state index contributed by atoms with van der Waals surface area (Å²) in [5.74, 6) is 0. The van der Waals surface area contributed by atoms with Crippen LogP contribution in [0, 0.1) is 6.92 Å². The van der Waals surface area contributed by atoms with Crippen LogP contribution in [0.3, 0.4) is 0 Å². The molecule has 0 heterocycles. The minimum Gasteiger partial charge on any atom is -0.309 e. The first-order valence-electron chi connectivity index (χ1n) is 9.33. The van der Waals surface area contributed by atoms with Crippen LogP contribution >= 0.6 is 11.6 Å². The van der Waals surface area contributed by atoms with Crippen molar-refractivity contribution in [3.8, 4) is 0 Å². The van der Waals surface area contributed by atoms with Crippen LogP contribution in [-0.4, -0.2) is 13.1 Å². The number of likely N-dealkylation sites (N-methyl/N-ethyl adjacent to an activating group) is 1. The fraction of sp³-hybridized carbons (Fsp3) is 0.455. The standard InChI is InChI=1S/C22H29ClN2/c1-16-11-13-18(14-12-16)17(2)25-21-10-6-7-15-22(21,24-3)19-8-4-5-9-20(19)23/h4-5,8-9,11-14,17,21,24-25H,6-7,10,15H2,1-3H3/t17-,21+,22-/m1/s1. The van der Waals surface area contributed by atoms with Gasteiger partial charge in [-0.1, -0.05) is 72.5 Å². The van der Waals surface area contributed by atoms with Crippen molar-refractivity contribution in [1.29, 1.82) is 0 Å². The number of rotatable bonds is 5. The molecule has 1 fully saturated rings. The van der Waals surface area contributed by atoms with Gasteiger partial charge < -0.3 is 10.6 Å². The van der Waals surface area contributed by atoms with E-state index in [0.29, 0.717) is 12.1 Å². The van der Waals surface area contributed by atoms with E-state index in [-0.39, 0.29) is 5.54 Å². The second kappa shape index (κ2) is 7.90. The van der Waals surface area contributed by atoms with Crippen molar-refractivity contribution in [2.45, 2.75) is 57.2 Å². The summed E-state index contributed by atoms with van der Waals surface area (Å²) in [6, 6.07) is 17.8. The van der Waals surface area contributed by atoms with Crippen LogP contribution < -0.4 is 10.6 Å². The zero-order chi connectivity index (χ0) is 17.9. The Morgan fingerprint density at radius 3 is 2.48 bits per heavy atom. The van der Waals surface area contributed by atoms with Gasteiger partial charge in [-0.05, 0) is 50.9 Å². The summed E-state index contributed by atoms with van der Waals surface area (Å²) < 4.78 is 0. The third-order valence-electron chi connectivity index (χ3n) is 5.74. The molecule has 25 heavy (non-hydrogen) atoms. The topological polar surface area (TPSA) is 24.1 Å². The molecule has 2 N–H and O–H groups in total. The van der Waals surface area contributed by atoms with Gasteiger partial charge in [-0.25, -0.2) is 0 Å². The summed E-state index contributed by atoms with van der Waals surface area (Å²) >= 11 is 6.59. The van der Waals surface area contributed by atoms with Gasteiger partial charge in [0, 0.05) is 17.1 Å². The molecule has 2 nitrogen and oxygen atoms in total. The molecule has 2 aromatic carbocycles. The van der Waals surface area contributed by atoms with Gasteiger partial charge in [0.1, 0.15) is 0 Å². The molecule has 1 aliphatic rings. The Morgan fingerprint density at radius 2 is 1.80 bits per heavy atom. The van der Waals surface area contributed by atoms with Gasteiger partial charge in [0.15, 0.2) is 0 Å². The Labute approximate surface area is 157 Å². The zero-order valence-electron chi connectivity index (χ0n) is 15.5. The lowest BCUT2D eigenvalue weighted by Gasteiger charge is -2.46. The summed E-state index contributed by atoms with van der Waals surface area (Å²) in [7, 11) is 2.07. The summed E-state index contributed by atoms with van der Waals surface area (Å²) in [5.41, 5.74) is 3.73. The van der Waals surface area contributed by atoms with E-state index in [1.165, 1.54) is 29.5 Å². The molecule has 0 radical (unpaired) electrons. The van der Waals surface area contributed by atoms with E-state index in [9.17, 15) is 0 Å². The summed E-state index contributed by atoms with van der Waals surface area (Å²) in [4.78, 5) is 0. The average Bonchev–Trinajstić information content (AvgIpc) is 2.63.